The summed E-state index contributed by atoms with van der Waals surface area (Å²) in [5, 5.41) is 15.6. The van der Waals surface area contributed by atoms with E-state index in [1.165, 1.54) is 6.26 Å². The van der Waals surface area contributed by atoms with Crippen molar-refractivity contribution in [2.75, 3.05) is 6.54 Å². The lowest BCUT2D eigenvalue weighted by molar-refractivity contribution is 0.129. The van der Waals surface area contributed by atoms with Crippen LogP contribution >= 0.6 is 0 Å². The largest absolute Gasteiger partial charge is 0.467 e. The number of nitrogens with zero attached hydrogens (tertiary/aromatic N) is 2. The zero-order valence-electron chi connectivity index (χ0n) is 14.1. The van der Waals surface area contributed by atoms with E-state index in [1.807, 2.05) is 41.9 Å². The molecule has 132 valence electrons. The van der Waals surface area contributed by atoms with Crippen molar-refractivity contribution in [1.29, 1.82) is 0 Å². The summed E-state index contributed by atoms with van der Waals surface area (Å²) in [4.78, 5) is 16.4. The molecular formula is C18H22N4O3. The third-order valence-corrected chi connectivity index (χ3v) is 3.91. The monoisotopic (exact) mass is 342 g/mol. The first-order valence-electron chi connectivity index (χ1n) is 8.30. The first-order valence-corrected chi connectivity index (χ1v) is 8.30. The van der Waals surface area contributed by atoms with Crippen molar-refractivity contribution < 1.29 is 14.3 Å². The van der Waals surface area contributed by atoms with Crippen molar-refractivity contribution in [1.82, 2.24) is 20.0 Å². The van der Waals surface area contributed by atoms with E-state index in [0.717, 1.165) is 11.3 Å². The summed E-state index contributed by atoms with van der Waals surface area (Å²) < 4.78 is 7.10. The van der Waals surface area contributed by atoms with Crippen LogP contribution in [-0.4, -0.2) is 33.1 Å². The van der Waals surface area contributed by atoms with E-state index >= 15 is 0 Å². The molecule has 3 heterocycles. The topological polar surface area (TPSA) is 91.8 Å². The normalized spacial score (nSPS) is 13.5. The summed E-state index contributed by atoms with van der Waals surface area (Å²) in [6, 6.07) is 8.82. The number of imidazole rings is 1. The van der Waals surface area contributed by atoms with Crippen molar-refractivity contribution in [3.8, 4) is 0 Å². The maximum Gasteiger partial charge on any atom is 0.315 e. The van der Waals surface area contributed by atoms with Crippen LogP contribution < -0.4 is 10.6 Å². The van der Waals surface area contributed by atoms with Crippen LogP contribution in [-0.2, 0) is 6.42 Å². The van der Waals surface area contributed by atoms with Crippen LogP contribution in [0.5, 0.6) is 0 Å². The number of fused-ring (bicyclic) bond motifs is 1. The number of hydrogen-bond donors (Lipinski definition) is 3. The Hall–Kier alpha value is -2.80. The van der Waals surface area contributed by atoms with Gasteiger partial charge in [-0.15, -0.1) is 0 Å². The van der Waals surface area contributed by atoms with Gasteiger partial charge in [-0.25, -0.2) is 9.78 Å². The SMILES string of the molecule is C[C@@H](C[C@@H](O)c1ccco1)NC(=O)NCCc1cn2ccccc2n1. The molecule has 0 aliphatic carbocycles. The Labute approximate surface area is 145 Å². The minimum atomic E-state index is -0.733. The van der Waals surface area contributed by atoms with Gasteiger partial charge in [-0.1, -0.05) is 6.07 Å². The first-order chi connectivity index (χ1) is 12.1. The van der Waals surface area contributed by atoms with E-state index < -0.39 is 6.10 Å². The highest BCUT2D eigenvalue weighted by Gasteiger charge is 2.16. The molecule has 3 aromatic heterocycles. The maximum absolute atomic E-state index is 11.9. The summed E-state index contributed by atoms with van der Waals surface area (Å²) in [5.74, 6) is 0.501. The van der Waals surface area contributed by atoms with Crippen LogP contribution in [0.25, 0.3) is 5.65 Å². The molecule has 0 bridgehead atoms. The third-order valence-electron chi connectivity index (χ3n) is 3.91. The number of carbonyl (C=O) groups excluding carboxylic acids is 1. The quantitative estimate of drug-likeness (QED) is 0.614. The molecule has 0 aliphatic rings. The molecule has 0 saturated carbocycles. The molecule has 0 aromatic carbocycles. The van der Waals surface area contributed by atoms with E-state index in [0.29, 0.717) is 25.1 Å². The van der Waals surface area contributed by atoms with Gasteiger partial charge in [0.15, 0.2) is 0 Å². The highest BCUT2D eigenvalue weighted by Crippen LogP contribution is 2.18. The number of aliphatic hydroxyl groups excluding tert-OH is 1. The molecule has 7 nitrogen and oxygen atoms in total. The fraction of sp³-hybridized carbons (Fsp3) is 0.333. The zero-order chi connectivity index (χ0) is 17.6. The Kier molecular flexibility index (Phi) is 5.35. The molecule has 0 radical (unpaired) electrons. The van der Waals surface area contributed by atoms with Gasteiger partial charge >= 0.3 is 6.03 Å². The van der Waals surface area contributed by atoms with Crippen molar-refractivity contribution in [3.63, 3.8) is 0 Å². The number of amides is 2. The van der Waals surface area contributed by atoms with E-state index in [-0.39, 0.29) is 12.1 Å². The van der Waals surface area contributed by atoms with Gasteiger partial charge in [0.05, 0.1) is 12.0 Å². The highest BCUT2D eigenvalue weighted by molar-refractivity contribution is 5.74. The van der Waals surface area contributed by atoms with Crippen molar-refractivity contribution in [3.05, 3.63) is 60.4 Å². The van der Waals surface area contributed by atoms with E-state index in [4.69, 9.17) is 4.42 Å². The number of urea groups is 1. The number of aromatic nitrogens is 2. The Morgan fingerprint density at radius 1 is 1.36 bits per heavy atom. The third kappa shape index (κ3) is 4.60. The zero-order valence-corrected chi connectivity index (χ0v) is 14.1. The number of nitrogens with one attached hydrogen (secondary N) is 2. The molecule has 0 spiro atoms. The number of aliphatic hydroxyl groups is 1. The molecule has 0 fully saturated rings. The van der Waals surface area contributed by atoms with E-state index in [2.05, 4.69) is 15.6 Å². The summed E-state index contributed by atoms with van der Waals surface area (Å²) in [6.07, 6.45) is 5.72. The van der Waals surface area contributed by atoms with Gasteiger partial charge < -0.3 is 24.6 Å². The van der Waals surface area contributed by atoms with Crippen molar-refractivity contribution in [2.45, 2.75) is 31.9 Å². The van der Waals surface area contributed by atoms with Crippen molar-refractivity contribution in [2.24, 2.45) is 0 Å². The molecule has 7 heteroatoms. The predicted octanol–water partition coefficient (Wildman–Crippen LogP) is 2.28. The average molecular weight is 342 g/mol. The fourth-order valence-electron chi connectivity index (χ4n) is 2.68. The fourth-order valence-corrected chi connectivity index (χ4v) is 2.68. The van der Waals surface area contributed by atoms with Gasteiger partial charge in [0.25, 0.3) is 0 Å². The molecule has 3 rings (SSSR count). The molecule has 0 unspecified atom stereocenters. The molecular weight excluding hydrogens is 320 g/mol. The van der Waals surface area contributed by atoms with Crippen LogP contribution in [0.2, 0.25) is 0 Å². The lowest BCUT2D eigenvalue weighted by Gasteiger charge is -2.17. The van der Waals surface area contributed by atoms with Gasteiger partial charge in [-0.3, -0.25) is 0 Å². The second-order valence-electron chi connectivity index (χ2n) is 6.02. The molecule has 3 aromatic rings. The molecule has 3 N–H and O–H groups in total. The Morgan fingerprint density at radius 3 is 3.00 bits per heavy atom. The summed E-state index contributed by atoms with van der Waals surface area (Å²) in [5.41, 5.74) is 1.82. The molecule has 0 aliphatic heterocycles. The minimum Gasteiger partial charge on any atom is -0.467 e. The average Bonchev–Trinajstić information content (AvgIpc) is 3.24. The number of furan rings is 1. The van der Waals surface area contributed by atoms with Crippen molar-refractivity contribution >= 4 is 11.7 Å². The van der Waals surface area contributed by atoms with Gasteiger partial charge in [0, 0.05) is 37.8 Å². The first kappa shape index (κ1) is 17.0. The molecule has 2 amide bonds. The van der Waals surface area contributed by atoms with Gasteiger partial charge in [-0.05, 0) is 31.2 Å². The summed E-state index contributed by atoms with van der Waals surface area (Å²) >= 11 is 0. The van der Waals surface area contributed by atoms with Crippen LogP contribution in [0.15, 0.2) is 53.4 Å². The Morgan fingerprint density at radius 2 is 2.24 bits per heavy atom. The number of rotatable bonds is 7. The number of pyridine rings is 1. The molecule has 25 heavy (non-hydrogen) atoms. The lowest BCUT2D eigenvalue weighted by Crippen LogP contribution is -2.42. The smallest absolute Gasteiger partial charge is 0.315 e. The minimum absolute atomic E-state index is 0.185. The second kappa shape index (κ2) is 7.85. The molecule has 2 atom stereocenters. The van der Waals surface area contributed by atoms with Crippen LogP contribution in [0, 0.1) is 0 Å². The Balaban J connectivity index is 1.40. The predicted molar refractivity (Wildman–Crippen MR) is 93.2 cm³/mol. The highest BCUT2D eigenvalue weighted by atomic mass is 16.4. The maximum atomic E-state index is 11.9. The Bertz CT molecular complexity index is 780. The second-order valence-corrected chi connectivity index (χ2v) is 6.02. The van der Waals surface area contributed by atoms with Crippen LogP contribution in [0.1, 0.15) is 30.9 Å². The van der Waals surface area contributed by atoms with Crippen LogP contribution in [0.3, 0.4) is 0 Å². The molecule has 0 saturated heterocycles. The lowest BCUT2D eigenvalue weighted by atomic mass is 10.1. The summed E-state index contributed by atoms with van der Waals surface area (Å²) in [6.45, 7) is 2.33. The van der Waals surface area contributed by atoms with Crippen LogP contribution in [0.4, 0.5) is 4.79 Å². The number of hydrogen-bond acceptors (Lipinski definition) is 4. The number of carbonyl (C=O) groups is 1. The van der Waals surface area contributed by atoms with Gasteiger partial charge in [-0.2, -0.15) is 0 Å². The van der Waals surface area contributed by atoms with Gasteiger partial charge in [0.2, 0.25) is 0 Å². The summed E-state index contributed by atoms with van der Waals surface area (Å²) in [7, 11) is 0. The standard InChI is InChI=1S/C18H22N4O3/c1-13(11-15(23)16-5-4-10-25-16)20-18(24)19-8-7-14-12-22-9-3-2-6-17(22)21-14/h2-6,9-10,12-13,15,23H,7-8,11H2,1H3,(H2,19,20,24)/t13-,15+/m0/s1. The van der Waals surface area contributed by atoms with Gasteiger partial charge in [0.1, 0.15) is 17.5 Å². The van der Waals surface area contributed by atoms with E-state index in [9.17, 15) is 9.90 Å². The van der Waals surface area contributed by atoms with E-state index in [1.54, 1.807) is 12.1 Å².